The largest absolute Gasteiger partial charge is 0.480 e. The number of nitrogens with zero attached hydrogens (tertiary/aromatic N) is 2. The fraction of sp³-hybridized carbons (Fsp3) is 0.238. The molecule has 0 bridgehead atoms. The van der Waals surface area contributed by atoms with E-state index in [2.05, 4.69) is 0 Å². The molecule has 1 aliphatic rings. The van der Waals surface area contributed by atoms with Crippen LogP contribution in [0.5, 0.6) is 0 Å². The molecule has 1 amide bonds. The third-order valence-electron chi connectivity index (χ3n) is 4.56. The number of hydrogen-bond acceptors (Lipinski definition) is 6. The number of aromatic nitrogens is 1. The van der Waals surface area contributed by atoms with Gasteiger partial charge in [-0.05, 0) is 62.7 Å². The first-order valence-corrected chi connectivity index (χ1v) is 10.4. The number of amides is 1. The van der Waals surface area contributed by atoms with Gasteiger partial charge >= 0.3 is 11.9 Å². The van der Waals surface area contributed by atoms with Crippen molar-refractivity contribution < 1.29 is 24.2 Å². The van der Waals surface area contributed by atoms with Crippen LogP contribution in [0.4, 0.5) is 0 Å². The standard InChI is InChI=1S/C21H20N2O5S2/c1-4-28-20(27)14-5-7-16(8-6-14)23-12(2)9-15(13(23)3)10-17-19(26)22(11-18(24)25)21(29)30-17/h5-10H,4,11H2,1-3H3,(H,24,25)/b17-10+. The number of carboxylic acid groups (broad SMARTS) is 1. The third kappa shape index (κ3) is 4.31. The Labute approximate surface area is 183 Å². The molecule has 0 aliphatic carbocycles. The molecule has 1 aromatic carbocycles. The summed E-state index contributed by atoms with van der Waals surface area (Å²) < 4.78 is 7.26. The quantitative estimate of drug-likeness (QED) is 0.414. The van der Waals surface area contributed by atoms with Gasteiger partial charge in [-0.2, -0.15) is 0 Å². The fourth-order valence-electron chi connectivity index (χ4n) is 3.20. The van der Waals surface area contributed by atoms with Gasteiger partial charge in [0.05, 0.1) is 17.1 Å². The lowest BCUT2D eigenvalue weighted by molar-refractivity contribution is -0.140. The molecular weight excluding hydrogens is 424 g/mol. The summed E-state index contributed by atoms with van der Waals surface area (Å²) in [6, 6.07) is 9.04. The maximum atomic E-state index is 12.5. The maximum absolute atomic E-state index is 12.5. The van der Waals surface area contributed by atoms with Crippen LogP contribution in [0.3, 0.4) is 0 Å². The second kappa shape index (κ2) is 8.85. The Bertz CT molecular complexity index is 1070. The van der Waals surface area contributed by atoms with E-state index >= 15 is 0 Å². The summed E-state index contributed by atoms with van der Waals surface area (Å²) in [5.41, 5.74) is 4.03. The van der Waals surface area contributed by atoms with Crippen molar-refractivity contribution in [3.8, 4) is 5.69 Å². The fourth-order valence-corrected chi connectivity index (χ4v) is 4.45. The zero-order chi connectivity index (χ0) is 22.0. The lowest BCUT2D eigenvalue weighted by Gasteiger charge is -2.11. The van der Waals surface area contributed by atoms with E-state index in [1.54, 1.807) is 25.1 Å². The average molecular weight is 445 g/mol. The number of esters is 1. The lowest BCUT2D eigenvalue weighted by Crippen LogP contribution is -2.33. The molecule has 0 unspecified atom stereocenters. The SMILES string of the molecule is CCOC(=O)c1ccc(-n2c(C)cc(/C=C3/SC(=S)N(CC(=O)O)C3=O)c2C)cc1. The van der Waals surface area contributed by atoms with Crippen molar-refractivity contribution in [2.75, 3.05) is 13.2 Å². The molecule has 3 rings (SSSR count). The smallest absolute Gasteiger partial charge is 0.338 e. The Morgan fingerprint density at radius 3 is 2.50 bits per heavy atom. The number of thiocarbonyl (C=S) groups is 1. The number of aliphatic carboxylic acids is 1. The highest BCUT2D eigenvalue weighted by molar-refractivity contribution is 8.26. The van der Waals surface area contributed by atoms with Crippen LogP contribution in [0, 0.1) is 13.8 Å². The first-order valence-electron chi connectivity index (χ1n) is 9.16. The first kappa shape index (κ1) is 21.8. The van der Waals surface area contributed by atoms with E-state index in [1.807, 2.05) is 36.6 Å². The summed E-state index contributed by atoms with van der Waals surface area (Å²) in [7, 11) is 0. The van der Waals surface area contributed by atoms with Gasteiger partial charge in [0.25, 0.3) is 5.91 Å². The molecule has 156 valence electrons. The van der Waals surface area contributed by atoms with E-state index < -0.39 is 18.4 Å². The molecule has 0 saturated carbocycles. The minimum absolute atomic E-state index is 0.233. The van der Waals surface area contributed by atoms with Gasteiger partial charge in [0, 0.05) is 17.1 Å². The predicted molar refractivity (Wildman–Crippen MR) is 119 cm³/mol. The molecule has 1 aliphatic heterocycles. The van der Waals surface area contributed by atoms with Gasteiger partial charge in [-0.1, -0.05) is 24.0 Å². The van der Waals surface area contributed by atoms with Crippen molar-refractivity contribution in [1.82, 2.24) is 9.47 Å². The number of thioether (sulfide) groups is 1. The second-order valence-electron chi connectivity index (χ2n) is 6.59. The number of hydrogen-bond donors (Lipinski definition) is 1. The Hall–Kier alpha value is -2.91. The first-order chi connectivity index (χ1) is 14.2. The van der Waals surface area contributed by atoms with Crippen LogP contribution in [0.2, 0.25) is 0 Å². The van der Waals surface area contributed by atoms with Crippen LogP contribution in [-0.2, 0) is 14.3 Å². The minimum Gasteiger partial charge on any atom is -0.480 e. The lowest BCUT2D eigenvalue weighted by atomic mass is 10.2. The third-order valence-corrected chi connectivity index (χ3v) is 5.94. The molecule has 1 N–H and O–H groups in total. The van der Waals surface area contributed by atoms with Gasteiger partial charge in [-0.25, -0.2) is 4.79 Å². The molecule has 0 radical (unpaired) electrons. The van der Waals surface area contributed by atoms with Crippen LogP contribution >= 0.6 is 24.0 Å². The van der Waals surface area contributed by atoms with Gasteiger partial charge in [0.1, 0.15) is 10.9 Å². The van der Waals surface area contributed by atoms with Gasteiger partial charge in [-0.3, -0.25) is 14.5 Å². The summed E-state index contributed by atoms with van der Waals surface area (Å²) in [5.74, 6) is -1.89. The van der Waals surface area contributed by atoms with Gasteiger partial charge in [-0.15, -0.1) is 0 Å². The number of benzene rings is 1. The highest BCUT2D eigenvalue weighted by atomic mass is 32.2. The van der Waals surface area contributed by atoms with E-state index in [9.17, 15) is 14.4 Å². The minimum atomic E-state index is -1.11. The van der Waals surface area contributed by atoms with Crippen LogP contribution in [0.25, 0.3) is 11.8 Å². The number of aryl methyl sites for hydroxylation is 1. The van der Waals surface area contributed by atoms with Crippen LogP contribution < -0.4 is 0 Å². The van der Waals surface area contributed by atoms with Gasteiger partial charge < -0.3 is 14.4 Å². The van der Waals surface area contributed by atoms with Crippen molar-refractivity contribution >= 4 is 52.2 Å². The van der Waals surface area contributed by atoms with Gasteiger partial charge in [0.2, 0.25) is 0 Å². The Morgan fingerprint density at radius 2 is 1.90 bits per heavy atom. The zero-order valence-corrected chi connectivity index (χ0v) is 18.3. The molecule has 1 aromatic heterocycles. The monoisotopic (exact) mass is 444 g/mol. The molecule has 7 nitrogen and oxygen atoms in total. The number of carbonyl (C=O) groups is 3. The summed E-state index contributed by atoms with van der Waals surface area (Å²) in [6.07, 6.45) is 1.73. The zero-order valence-electron chi connectivity index (χ0n) is 16.7. The van der Waals surface area contributed by atoms with Crippen LogP contribution in [0.1, 0.15) is 34.2 Å². The van der Waals surface area contributed by atoms with Crippen molar-refractivity contribution in [3.63, 3.8) is 0 Å². The highest BCUT2D eigenvalue weighted by Crippen LogP contribution is 2.34. The number of carbonyl (C=O) groups excluding carboxylic acids is 2. The van der Waals surface area contributed by atoms with Crippen molar-refractivity contribution in [3.05, 3.63) is 57.8 Å². The maximum Gasteiger partial charge on any atom is 0.338 e. The molecule has 1 fully saturated rings. The number of carboxylic acids is 1. The summed E-state index contributed by atoms with van der Waals surface area (Å²) in [5, 5.41) is 8.96. The van der Waals surface area contributed by atoms with E-state index in [0.29, 0.717) is 17.1 Å². The molecule has 30 heavy (non-hydrogen) atoms. The Balaban J connectivity index is 1.90. The highest BCUT2D eigenvalue weighted by Gasteiger charge is 2.33. The molecule has 0 atom stereocenters. The summed E-state index contributed by atoms with van der Waals surface area (Å²) in [4.78, 5) is 36.8. The molecule has 9 heteroatoms. The normalized spacial score (nSPS) is 15.2. The predicted octanol–water partition coefficient (Wildman–Crippen LogP) is 3.56. The topological polar surface area (TPSA) is 88.8 Å². The number of ether oxygens (including phenoxy) is 1. The average Bonchev–Trinajstić information content (AvgIpc) is 3.11. The summed E-state index contributed by atoms with van der Waals surface area (Å²) in [6.45, 7) is 5.50. The molecule has 2 aromatic rings. The van der Waals surface area contributed by atoms with Gasteiger partial charge in [0.15, 0.2) is 0 Å². The molecule has 0 spiro atoms. The molecular formula is C21H20N2O5S2. The van der Waals surface area contributed by atoms with E-state index in [4.69, 9.17) is 22.1 Å². The van der Waals surface area contributed by atoms with E-state index in [1.165, 1.54) is 0 Å². The number of rotatable bonds is 6. The van der Waals surface area contributed by atoms with Crippen LogP contribution in [0.15, 0.2) is 35.2 Å². The van der Waals surface area contributed by atoms with E-state index in [-0.39, 0.29) is 10.3 Å². The Morgan fingerprint density at radius 1 is 1.23 bits per heavy atom. The van der Waals surface area contributed by atoms with Crippen molar-refractivity contribution in [2.24, 2.45) is 0 Å². The van der Waals surface area contributed by atoms with E-state index in [0.717, 1.165) is 39.3 Å². The van der Waals surface area contributed by atoms with Crippen molar-refractivity contribution in [1.29, 1.82) is 0 Å². The molecule has 1 saturated heterocycles. The van der Waals surface area contributed by atoms with Crippen LogP contribution in [-0.4, -0.2) is 49.9 Å². The summed E-state index contributed by atoms with van der Waals surface area (Å²) >= 11 is 6.24. The molecule has 2 heterocycles. The second-order valence-corrected chi connectivity index (χ2v) is 8.27. The van der Waals surface area contributed by atoms with Crippen molar-refractivity contribution in [2.45, 2.75) is 20.8 Å². The Kier molecular flexibility index (Phi) is 6.42.